The molecule has 0 aliphatic heterocycles. The summed E-state index contributed by atoms with van der Waals surface area (Å²) in [6.45, 7) is 6.03. The van der Waals surface area contributed by atoms with E-state index in [0.717, 1.165) is 23.2 Å². The molecule has 1 atom stereocenters. The third-order valence-electron chi connectivity index (χ3n) is 4.17. The number of rotatable bonds is 8. The van der Waals surface area contributed by atoms with Gasteiger partial charge in [-0.05, 0) is 44.0 Å². The SMILES string of the molecule is CCOC(=O)/C(=C/[C@H](CC)c1ccc([N+](=O)[O-])cc1)Nc1ccc(C)cc1. The van der Waals surface area contributed by atoms with E-state index in [1.165, 1.54) is 12.1 Å². The molecule has 0 heterocycles. The summed E-state index contributed by atoms with van der Waals surface area (Å²) in [5, 5.41) is 14.0. The third-order valence-corrected chi connectivity index (χ3v) is 4.17. The number of nitro groups is 1. The summed E-state index contributed by atoms with van der Waals surface area (Å²) < 4.78 is 5.17. The number of benzene rings is 2. The highest BCUT2D eigenvalue weighted by atomic mass is 16.6. The second-order valence-electron chi connectivity index (χ2n) is 6.16. The lowest BCUT2D eigenvalue weighted by atomic mass is 9.95. The minimum absolute atomic E-state index is 0.0426. The van der Waals surface area contributed by atoms with Gasteiger partial charge in [-0.1, -0.05) is 36.8 Å². The van der Waals surface area contributed by atoms with Crippen molar-refractivity contribution in [2.24, 2.45) is 0 Å². The Kier molecular flexibility index (Phi) is 7.11. The molecular formula is C21H24N2O4. The molecule has 0 radical (unpaired) electrons. The van der Waals surface area contributed by atoms with Crippen molar-refractivity contribution in [3.63, 3.8) is 0 Å². The predicted molar refractivity (Wildman–Crippen MR) is 106 cm³/mol. The lowest BCUT2D eigenvalue weighted by Gasteiger charge is -2.15. The maximum atomic E-state index is 12.4. The molecule has 27 heavy (non-hydrogen) atoms. The first-order valence-corrected chi connectivity index (χ1v) is 8.91. The molecule has 0 aliphatic rings. The average molecular weight is 368 g/mol. The summed E-state index contributed by atoms with van der Waals surface area (Å²) in [5.74, 6) is -0.512. The fourth-order valence-electron chi connectivity index (χ4n) is 2.66. The highest BCUT2D eigenvalue weighted by molar-refractivity contribution is 5.92. The van der Waals surface area contributed by atoms with Crippen molar-refractivity contribution in [2.75, 3.05) is 11.9 Å². The van der Waals surface area contributed by atoms with Crippen molar-refractivity contribution in [1.82, 2.24) is 0 Å². The first-order chi connectivity index (χ1) is 12.9. The van der Waals surface area contributed by atoms with Crippen LogP contribution in [-0.2, 0) is 9.53 Å². The zero-order valence-corrected chi connectivity index (χ0v) is 15.8. The number of allylic oxidation sites excluding steroid dienone is 1. The Morgan fingerprint density at radius 2 is 1.78 bits per heavy atom. The zero-order valence-electron chi connectivity index (χ0n) is 15.8. The molecule has 6 nitrogen and oxygen atoms in total. The maximum absolute atomic E-state index is 12.4. The average Bonchev–Trinajstić information content (AvgIpc) is 2.67. The van der Waals surface area contributed by atoms with Gasteiger partial charge >= 0.3 is 5.97 Å². The van der Waals surface area contributed by atoms with Gasteiger partial charge in [0.2, 0.25) is 0 Å². The molecule has 1 N–H and O–H groups in total. The summed E-state index contributed by atoms with van der Waals surface area (Å²) >= 11 is 0. The number of aryl methyl sites for hydroxylation is 1. The molecule has 142 valence electrons. The van der Waals surface area contributed by atoms with Crippen molar-refractivity contribution in [3.8, 4) is 0 Å². The van der Waals surface area contributed by atoms with Gasteiger partial charge in [0.05, 0.1) is 11.5 Å². The van der Waals surface area contributed by atoms with E-state index in [1.54, 1.807) is 19.1 Å². The van der Waals surface area contributed by atoms with E-state index < -0.39 is 10.9 Å². The van der Waals surface area contributed by atoms with Gasteiger partial charge in [-0.3, -0.25) is 10.1 Å². The monoisotopic (exact) mass is 368 g/mol. The Morgan fingerprint density at radius 1 is 1.15 bits per heavy atom. The van der Waals surface area contributed by atoms with E-state index in [1.807, 2.05) is 44.2 Å². The third kappa shape index (κ3) is 5.67. The number of hydrogen-bond donors (Lipinski definition) is 1. The number of nitrogens with zero attached hydrogens (tertiary/aromatic N) is 1. The molecular weight excluding hydrogens is 344 g/mol. The van der Waals surface area contributed by atoms with Gasteiger partial charge in [0.1, 0.15) is 5.70 Å². The number of nitro benzene ring substituents is 1. The number of nitrogens with one attached hydrogen (secondary N) is 1. The molecule has 0 fully saturated rings. The number of esters is 1. The molecule has 0 aromatic heterocycles. The molecule has 0 aliphatic carbocycles. The second-order valence-corrected chi connectivity index (χ2v) is 6.16. The highest BCUT2D eigenvalue weighted by Crippen LogP contribution is 2.25. The smallest absolute Gasteiger partial charge is 0.354 e. The van der Waals surface area contributed by atoms with E-state index in [0.29, 0.717) is 5.70 Å². The summed E-state index contributed by atoms with van der Waals surface area (Å²) in [7, 11) is 0. The minimum Gasteiger partial charge on any atom is -0.461 e. The van der Waals surface area contributed by atoms with Crippen molar-refractivity contribution >= 4 is 17.3 Å². The molecule has 0 saturated heterocycles. The van der Waals surface area contributed by atoms with E-state index in [2.05, 4.69) is 5.32 Å². The largest absolute Gasteiger partial charge is 0.461 e. The van der Waals surface area contributed by atoms with Gasteiger partial charge < -0.3 is 10.1 Å². The number of non-ortho nitro benzene ring substituents is 1. The highest BCUT2D eigenvalue weighted by Gasteiger charge is 2.16. The Labute approximate surface area is 159 Å². The van der Waals surface area contributed by atoms with Gasteiger partial charge in [0.25, 0.3) is 5.69 Å². The predicted octanol–water partition coefficient (Wildman–Crippen LogP) is 4.96. The van der Waals surface area contributed by atoms with E-state index in [9.17, 15) is 14.9 Å². The van der Waals surface area contributed by atoms with Gasteiger partial charge in [0, 0.05) is 23.7 Å². The van der Waals surface area contributed by atoms with Crippen LogP contribution in [0.5, 0.6) is 0 Å². The van der Waals surface area contributed by atoms with E-state index in [-0.39, 0.29) is 18.2 Å². The van der Waals surface area contributed by atoms with Crippen LogP contribution < -0.4 is 5.32 Å². The van der Waals surface area contributed by atoms with Crippen LogP contribution in [0.1, 0.15) is 37.3 Å². The zero-order chi connectivity index (χ0) is 19.8. The first kappa shape index (κ1) is 20.2. The second kappa shape index (κ2) is 9.52. The lowest BCUT2D eigenvalue weighted by molar-refractivity contribution is -0.384. The Hall–Kier alpha value is -3.15. The number of hydrogen-bond acceptors (Lipinski definition) is 5. The standard InChI is InChI=1S/C21H24N2O4/c1-4-16(17-8-12-19(13-9-17)23(25)26)14-20(21(24)27-5-2)22-18-10-6-15(3)7-11-18/h6-14,16,22H,4-5H2,1-3H3/b20-14-/t16-/m0/s1. The topological polar surface area (TPSA) is 81.5 Å². The van der Waals surface area contributed by atoms with Gasteiger partial charge in [-0.2, -0.15) is 0 Å². The molecule has 0 amide bonds. The normalized spacial score (nSPS) is 12.3. The fraction of sp³-hybridized carbons (Fsp3) is 0.286. The summed E-state index contributed by atoms with van der Waals surface area (Å²) in [4.78, 5) is 22.8. The molecule has 6 heteroatoms. The maximum Gasteiger partial charge on any atom is 0.354 e. The van der Waals surface area contributed by atoms with Crippen molar-refractivity contribution < 1.29 is 14.5 Å². The van der Waals surface area contributed by atoms with E-state index >= 15 is 0 Å². The molecule has 2 rings (SSSR count). The van der Waals surface area contributed by atoms with Gasteiger partial charge in [-0.25, -0.2) is 4.79 Å². The van der Waals surface area contributed by atoms with Crippen LogP contribution in [0.4, 0.5) is 11.4 Å². The Bertz CT molecular complexity index is 811. The van der Waals surface area contributed by atoms with Gasteiger partial charge in [0.15, 0.2) is 0 Å². The van der Waals surface area contributed by atoms with Crippen LogP contribution in [0, 0.1) is 17.0 Å². The first-order valence-electron chi connectivity index (χ1n) is 8.91. The summed E-state index contributed by atoms with van der Waals surface area (Å²) in [6, 6.07) is 14.1. The van der Waals surface area contributed by atoms with Crippen molar-refractivity contribution in [1.29, 1.82) is 0 Å². The Balaban J connectivity index is 2.32. The lowest BCUT2D eigenvalue weighted by Crippen LogP contribution is -2.16. The van der Waals surface area contributed by atoms with Crippen molar-refractivity contribution in [2.45, 2.75) is 33.1 Å². The number of anilines is 1. The van der Waals surface area contributed by atoms with Gasteiger partial charge in [-0.15, -0.1) is 0 Å². The minimum atomic E-state index is -0.432. The quantitative estimate of drug-likeness (QED) is 0.308. The number of carbonyl (C=O) groups excluding carboxylic acids is 1. The summed E-state index contributed by atoms with van der Waals surface area (Å²) in [5.41, 5.74) is 3.21. The molecule has 2 aromatic rings. The summed E-state index contributed by atoms with van der Waals surface area (Å²) in [6.07, 6.45) is 2.55. The van der Waals surface area contributed by atoms with Crippen molar-refractivity contribution in [3.05, 3.63) is 81.5 Å². The van der Waals surface area contributed by atoms with E-state index in [4.69, 9.17) is 4.74 Å². The number of ether oxygens (including phenoxy) is 1. The fourth-order valence-corrected chi connectivity index (χ4v) is 2.66. The van der Waals surface area contributed by atoms with Crippen LogP contribution in [0.2, 0.25) is 0 Å². The molecule has 0 unspecified atom stereocenters. The van der Waals surface area contributed by atoms with Crippen LogP contribution in [-0.4, -0.2) is 17.5 Å². The number of carbonyl (C=O) groups is 1. The molecule has 0 bridgehead atoms. The molecule has 2 aromatic carbocycles. The Morgan fingerprint density at radius 3 is 2.30 bits per heavy atom. The van der Waals surface area contributed by atoms with Crippen LogP contribution in [0.15, 0.2) is 60.3 Å². The van der Waals surface area contributed by atoms with Crippen LogP contribution in [0.25, 0.3) is 0 Å². The van der Waals surface area contributed by atoms with Crippen LogP contribution >= 0.6 is 0 Å². The van der Waals surface area contributed by atoms with Crippen LogP contribution in [0.3, 0.4) is 0 Å². The molecule has 0 saturated carbocycles. The molecule has 0 spiro atoms.